The molecule has 0 aromatic heterocycles. The molecule has 1 aliphatic carbocycles. The molecule has 0 aliphatic heterocycles. The molecule has 1 unspecified atom stereocenters. The second-order valence-electron chi connectivity index (χ2n) is 5.19. The number of nitrogens with one attached hydrogen (secondary N) is 1. The van der Waals surface area contributed by atoms with E-state index in [9.17, 15) is 9.50 Å². The minimum absolute atomic E-state index is 0.128. The molecule has 0 spiro atoms. The quantitative estimate of drug-likeness (QED) is 0.861. The first-order valence-corrected chi connectivity index (χ1v) is 6.88. The van der Waals surface area contributed by atoms with Crippen LogP contribution in [0.25, 0.3) is 0 Å². The van der Waals surface area contributed by atoms with E-state index in [0.717, 1.165) is 37.7 Å². The molecule has 18 heavy (non-hydrogen) atoms. The van der Waals surface area contributed by atoms with E-state index in [1.165, 1.54) is 6.07 Å². The van der Waals surface area contributed by atoms with Crippen molar-refractivity contribution < 1.29 is 9.50 Å². The third-order valence-corrected chi connectivity index (χ3v) is 3.79. The lowest BCUT2D eigenvalue weighted by Gasteiger charge is -2.30. The molecule has 1 aromatic rings. The number of hydrogen-bond acceptors (Lipinski definition) is 2. The first-order chi connectivity index (χ1) is 8.69. The van der Waals surface area contributed by atoms with Gasteiger partial charge in [0, 0.05) is 12.1 Å². The Morgan fingerprint density at radius 2 is 2.06 bits per heavy atom. The lowest BCUT2D eigenvalue weighted by Crippen LogP contribution is -2.36. The predicted molar refractivity (Wildman–Crippen MR) is 70.8 cm³/mol. The van der Waals surface area contributed by atoms with Gasteiger partial charge in [-0.1, -0.05) is 19.1 Å². The van der Waals surface area contributed by atoms with E-state index in [1.54, 1.807) is 12.1 Å². The van der Waals surface area contributed by atoms with Crippen LogP contribution in [-0.2, 0) is 0 Å². The number of benzene rings is 1. The molecule has 100 valence electrons. The molecule has 0 heterocycles. The molecule has 1 aromatic carbocycles. The summed E-state index contributed by atoms with van der Waals surface area (Å²) in [6.07, 6.45) is 4.58. The number of halogens is 1. The molecule has 2 nitrogen and oxygen atoms in total. The van der Waals surface area contributed by atoms with Crippen LogP contribution in [0.2, 0.25) is 0 Å². The van der Waals surface area contributed by atoms with Crippen molar-refractivity contribution in [2.75, 3.05) is 0 Å². The van der Waals surface area contributed by atoms with E-state index in [4.69, 9.17) is 0 Å². The summed E-state index contributed by atoms with van der Waals surface area (Å²) in [4.78, 5) is 0. The summed E-state index contributed by atoms with van der Waals surface area (Å²) in [6, 6.07) is 7.48. The standard InChI is InChI=1S/C15H22FNO/c1-2-15(11-4-3-5-12(16)10-11)17-13-6-8-14(18)9-7-13/h3-5,10,13-15,17-18H,2,6-9H2,1H3. The van der Waals surface area contributed by atoms with E-state index in [2.05, 4.69) is 12.2 Å². The Balaban J connectivity index is 1.97. The third kappa shape index (κ3) is 3.53. The van der Waals surface area contributed by atoms with Crippen LogP contribution in [0.3, 0.4) is 0 Å². The highest BCUT2D eigenvalue weighted by atomic mass is 19.1. The minimum atomic E-state index is -0.174. The van der Waals surface area contributed by atoms with E-state index in [1.807, 2.05) is 6.07 Å². The van der Waals surface area contributed by atoms with Crippen LogP contribution >= 0.6 is 0 Å². The molecule has 0 bridgehead atoms. The summed E-state index contributed by atoms with van der Waals surface area (Å²) in [5, 5.41) is 13.1. The SMILES string of the molecule is CCC(NC1CCC(O)CC1)c1cccc(F)c1. The molecular weight excluding hydrogens is 229 g/mol. The molecule has 0 amide bonds. The first kappa shape index (κ1) is 13.5. The number of aliphatic hydroxyl groups excluding tert-OH is 1. The van der Waals surface area contributed by atoms with Gasteiger partial charge in [-0.2, -0.15) is 0 Å². The molecule has 2 rings (SSSR count). The summed E-state index contributed by atoms with van der Waals surface area (Å²) in [5.74, 6) is -0.174. The maximum atomic E-state index is 13.2. The fraction of sp³-hybridized carbons (Fsp3) is 0.600. The summed E-state index contributed by atoms with van der Waals surface area (Å²) >= 11 is 0. The Morgan fingerprint density at radius 3 is 2.67 bits per heavy atom. The van der Waals surface area contributed by atoms with Gasteiger partial charge in [-0.3, -0.25) is 0 Å². The minimum Gasteiger partial charge on any atom is -0.393 e. The zero-order valence-electron chi connectivity index (χ0n) is 10.9. The van der Waals surface area contributed by atoms with Crippen LogP contribution in [0.5, 0.6) is 0 Å². The Labute approximate surface area is 108 Å². The molecule has 1 saturated carbocycles. The van der Waals surface area contributed by atoms with E-state index < -0.39 is 0 Å². The average Bonchev–Trinajstić information content (AvgIpc) is 2.38. The van der Waals surface area contributed by atoms with Crippen LogP contribution in [0.4, 0.5) is 4.39 Å². The molecular formula is C15H22FNO. The molecule has 0 saturated heterocycles. The lowest BCUT2D eigenvalue weighted by atomic mass is 9.91. The highest BCUT2D eigenvalue weighted by molar-refractivity contribution is 5.20. The summed E-state index contributed by atoms with van der Waals surface area (Å²) in [6.45, 7) is 2.11. The van der Waals surface area contributed by atoms with Crippen molar-refractivity contribution >= 4 is 0 Å². The van der Waals surface area contributed by atoms with Gasteiger partial charge in [-0.25, -0.2) is 4.39 Å². The highest BCUT2D eigenvalue weighted by Gasteiger charge is 2.21. The molecule has 1 fully saturated rings. The molecule has 0 radical (unpaired) electrons. The van der Waals surface area contributed by atoms with Gasteiger partial charge in [0.1, 0.15) is 5.82 Å². The van der Waals surface area contributed by atoms with Gasteiger partial charge in [0.25, 0.3) is 0 Å². The Morgan fingerprint density at radius 1 is 1.33 bits per heavy atom. The van der Waals surface area contributed by atoms with Gasteiger partial charge in [0.2, 0.25) is 0 Å². The molecule has 1 atom stereocenters. The number of hydrogen-bond donors (Lipinski definition) is 2. The van der Waals surface area contributed by atoms with Gasteiger partial charge in [-0.05, 0) is 49.8 Å². The van der Waals surface area contributed by atoms with Crippen LogP contribution in [0.1, 0.15) is 50.6 Å². The van der Waals surface area contributed by atoms with Gasteiger partial charge in [-0.15, -0.1) is 0 Å². The van der Waals surface area contributed by atoms with Gasteiger partial charge >= 0.3 is 0 Å². The van der Waals surface area contributed by atoms with Crippen molar-refractivity contribution in [3.63, 3.8) is 0 Å². The van der Waals surface area contributed by atoms with Crippen LogP contribution < -0.4 is 5.32 Å². The maximum absolute atomic E-state index is 13.2. The summed E-state index contributed by atoms with van der Waals surface area (Å²) in [5.41, 5.74) is 1.02. The van der Waals surface area contributed by atoms with Crippen molar-refractivity contribution in [1.82, 2.24) is 5.32 Å². The lowest BCUT2D eigenvalue weighted by molar-refractivity contribution is 0.114. The molecule has 3 heteroatoms. The van der Waals surface area contributed by atoms with Crippen LogP contribution in [0, 0.1) is 5.82 Å². The largest absolute Gasteiger partial charge is 0.393 e. The van der Waals surface area contributed by atoms with Crippen molar-refractivity contribution in [3.8, 4) is 0 Å². The van der Waals surface area contributed by atoms with Gasteiger partial charge in [0.15, 0.2) is 0 Å². The van der Waals surface area contributed by atoms with E-state index in [0.29, 0.717) is 6.04 Å². The molecule has 1 aliphatic rings. The zero-order valence-corrected chi connectivity index (χ0v) is 10.9. The van der Waals surface area contributed by atoms with Crippen molar-refractivity contribution in [3.05, 3.63) is 35.6 Å². The third-order valence-electron chi connectivity index (χ3n) is 3.79. The summed E-state index contributed by atoms with van der Waals surface area (Å²) < 4.78 is 13.2. The fourth-order valence-electron chi connectivity index (χ4n) is 2.70. The zero-order chi connectivity index (χ0) is 13.0. The van der Waals surface area contributed by atoms with Gasteiger partial charge in [0.05, 0.1) is 6.10 Å². The predicted octanol–water partition coefficient (Wildman–Crippen LogP) is 3.17. The van der Waals surface area contributed by atoms with Crippen LogP contribution in [-0.4, -0.2) is 17.3 Å². The van der Waals surface area contributed by atoms with E-state index >= 15 is 0 Å². The fourth-order valence-corrected chi connectivity index (χ4v) is 2.70. The Hall–Kier alpha value is -0.930. The summed E-state index contributed by atoms with van der Waals surface area (Å²) in [7, 11) is 0. The Bertz CT molecular complexity index is 375. The number of rotatable bonds is 4. The van der Waals surface area contributed by atoms with Crippen molar-refractivity contribution in [2.24, 2.45) is 0 Å². The first-order valence-electron chi connectivity index (χ1n) is 6.88. The Kier molecular flexibility index (Phi) is 4.72. The average molecular weight is 251 g/mol. The second kappa shape index (κ2) is 6.30. The van der Waals surface area contributed by atoms with Crippen molar-refractivity contribution in [2.45, 2.75) is 57.2 Å². The normalized spacial score (nSPS) is 25.9. The second-order valence-corrected chi connectivity index (χ2v) is 5.19. The highest BCUT2D eigenvalue weighted by Crippen LogP contribution is 2.24. The van der Waals surface area contributed by atoms with Crippen molar-refractivity contribution in [1.29, 1.82) is 0 Å². The smallest absolute Gasteiger partial charge is 0.123 e. The number of aliphatic hydroxyl groups is 1. The maximum Gasteiger partial charge on any atom is 0.123 e. The molecule has 2 N–H and O–H groups in total. The monoisotopic (exact) mass is 251 g/mol. The van der Waals surface area contributed by atoms with E-state index in [-0.39, 0.29) is 18.0 Å². The van der Waals surface area contributed by atoms with Gasteiger partial charge < -0.3 is 10.4 Å². The topological polar surface area (TPSA) is 32.3 Å². The van der Waals surface area contributed by atoms with Crippen LogP contribution in [0.15, 0.2) is 24.3 Å².